The number of thiophene rings is 1. The van der Waals surface area contributed by atoms with Crippen LogP contribution in [0.1, 0.15) is 29.3 Å². The molecular weight excluding hydrogens is 353 g/mol. The smallest absolute Gasteiger partial charge is 0.320 e. The maximum absolute atomic E-state index is 13.6. The molecular formula is C19H21FN3O2S+. The SMILES string of the molecule is O=C(C[NH+]1CCc2sccc2[C@H]1C1CC1)NC(=O)Nc1ccccc1F. The average Bonchev–Trinajstić information content (AvgIpc) is 3.33. The summed E-state index contributed by atoms with van der Waals surface area (Å²) in [6.07, 6.45) is 3.39. The van der Waals surface area contributed by atoms with Gasteiger partial charge in [0.25, 0.3) is 5.91 Å². The van der Waals surface area contributed by atoms with Crippen LogP contribution >= 0.6 is 11.3 Å². The quantitative estimate of drug-likeness (QED) is 0.768. The lowest BCUT2D eigenvalue weighted by atomic mass is 9.96. The third kappa shape index (κ3) is 3.64. The highest BCUT2D eigenvalue weighted by molar-refractivity contribution is 7.10. The van der Waals surface area contributed by atoms with E-state index in [4.69, 9.17) is 0 Å². The number of fused-ring (bicyclic) bond motifs is 1. The first-order valence-electron chi connectivity index (χ1n) is 8.88. The predicted octanol–water partition coefficient (Wildman–Crippen LogP) is 2.13. The van der Waals surface area contributed by atoms with Crippen molar-refractivity contribution in [2.24, 2.45) is 5.92 Å². The summed E-state index contributed by atoms with van der Waals surface area (Å²) >= 11 is 1.79. The van der Waals surface area contributed by atoms with Crippen LogP contribution in [-0.4, -0.2) is 25.0 Å². The maximum atomic E-state index is 13.6. The molecule has 2 atom stereocenters. The van der Waals surface area contributed by atoms with Crippen molar-refractivity contribution in [1.82, 2.24) is 5.32 Å². The first kappa shape index (κ1) is 17.2. The topological polar surface area (TPSA) is 62.6 Å². The number of nitrogens with one attached hydrogen (secondary N) is 3. The van der Waals surface area contributed by atoms with Crippen LogP contribution < -0.4 is 15.5 Å². The van der Waals surface area contributed by atoms with E-state index in [1.54, 1.807) is 23.5 Å². The molecule has 0 radical (unpaired) electrons. The number of quaternary nitrogens is 1. The number of para-hydroxylation sites is 1. The fraction of sp³-hybridized carbons (Fsp3) is 0.368. The van der Waals surface area contributed by atoms with Gasteiger partial charge >= 0.3 is 6.03 Å². The molecule has 0 bridgehead atoms. The minimum atomic E-state index is -0.698. The minimum Gasteiger partial charge on any atom is -0.320 e. The molecule has 1 aliphatic heterocycles. The Bertz CT molecular complexity index is 834. The van der Waals surface area contributed by atoms with Gasteiger partial charge in [-0.3, -0.25) is 10.1 Å². The standard InChI is InChI=1S/C19H20FN3O2S/c20-14-3-1-2-4-15(14)21-19(25)22-17(24)11-23-9-7-16-13(8-10-26-16)18(23)12-5-6-12/h1-4,8,10,12,18H,5-7,9,11H2,(H2,21,22,24,25)/p+1/t18-/m1/s1. The van der Waals surface area contributed by atoms with Crippen molar-refractivity contribution < 1.29 is 18.9 Å². The summed E-state index contributed by atoms with van der Waals surface area (Å²) in [7, 11) is 0. The van der Waals surface area contributed by atoms with E-state index in [1.165, 1.54) is 40.3 Å². The van der Waals surface area contributed by atoms with Crippen LogP contribution in [-0.2, 0) is 11.2 Å². The molecule has 0 saturated heterocycles. The highest BCUT2D eigenvalue weighted by atomic mass is 32.1. The van der Waals surface area contributed by atoms with Gasteiger partial charge in [0, 0.05) is 22.8 Å². The second-order valence-corrected chi connectivity index (χ2v) is 7.93. The van der Waals surface area contributed by atoms with Crippen molar-refractivity contribution >= 4 is 29.0 Å². The predicted molar refractivity (Wildman–Crippen MR) is 97.7 cm³/mol. The van der Waals surface area contributed by atoms with E-state index in [-0.39, 0.29) is 18.1 Å². The number of benzene rings is 1. The highest BCUT2D eigenvalue weighted by Gasteiger charge is 2.43. The first-order chi connectivity index (χ1) is 12.6. The van der Waals surface area contributed by atoms with Crippen molar-refractivity contribution in [1.29, 1.82) is 0 Å². The average molecular weight is 374 g/mol. The summed E-state index contributed by atoms with van der Waals surface area (Å²) in [4.78, 5) is 27.0. The van der Waals surface area contributed by atoms with Gasteiger partial charge in [-0.15, -0.1) is 11.3 Å². The molecule has 26 heavy (non-hydrogen) atoms. The van der Waals surface area contributed by atoms with Crippen molar-refractivity contribution in [3.8, 4) is 0 Å². The fourth-order valence-corrected chi connectivity index (χ4v) is 4.72. The molecule has 5 nitrogen and oxygen atoms in total. The zero-order valence-electron chi connectivity index (χ0n) is 14.3. The Morgan fingerprint density at radius 1 is 1.23 bits per heavy atom. The van der Waals surface area contributed by atoms with Gasteiger partial charge in [0.05, 0.1) is 12.2 Å². The molecule has 1 aromatic heterocycles. The number of carbonyl (C=O) groups excluding carboxylic acids is 2. The molecule has 0 spiro atoms. The van der Waals surface area contributed by atoms with E-state index < -0.39 is 11.8 Å². The largest absolute Gasteiger partial charge is 0.326 e. The van der Waals surface area contributed by atoms with Crippen molar-refractivity contribution in [2.75, 3.05) is 18.4 Å². The van der Waals surface area contributed by atoms with Gasteiger partial charge in [-0.1, -0.05) is 12.1 Å². The van der Waals surface area contributed by atoms with Gasteiger partial charge in [0.2, 0.25) is 0 Å². The molecule has 136 valence electrons. The number of amides is 3. The molecule has 7 heteroatoms. The Morgan fingerprint density at radius 2 is 2.04 bits per heavy atom. The van der Waals surface area contributed by atoms with Crippen LogP contribution in [0.4, 0.5) is 14.9 Å². The van der Waals surface area contributed by atoms with E-state index in [2.05, 4.69) is 22.1 Å². The number of anilines is 1. The summed E-state index contributed by atoms with van der Waals surface area (Å²) in [6.45, 7) is 1.15. The molecule has 2 aromatic rings. The lowest BCUT2D eigenvalue weighted by Gasteiger charge is -2.32. The number of hydrogen-bond donors (Lipinski definition) is 3. The van der Waals surface area contributed by atoms with Gasteiger partial charge < -0.3 is 10.2 Å². The summed E-state index contributed by atoms with van der Waals surface area (Å²) < 4.78 is 13.6. The molecule has 1 unspecified atom stereocenters. The Labute approximate surface area is 155 Å². The summed E-state index contributed by atoms with van der Waals surface area (Å²) in [6, 6.07) is 7.72. The number of urea groups is 1. The van der Waals surface area contributed by atoms with Crippen LogP contribution in [0.3, 0.4) is 0 Å². The molecule has 2 heterocycles. The third-order valence-corrected chi connectivity index (χ3v) is 6.08. The van der Waals surface area contributed by atoms with Gasteiger partial charge in [-0.05, 0) is 36.4 Å². The Morgan fingerprint density at radius 3 is 2.81 bits per heavy atom. The van der Waals surface area contributed by atoms with E-state index in [0.717, 1.165) is 13.0 Å². The van der Waals surface area contributed by atoms with Crippen LogP contribution in [0.5, 0.6) is 0 Å². The molecule has 2 aliphatic rings. The summed E-state index contributed by atoms with van der Waals surface area (Å²) in [5, 5.41) is 6.84. The van der Waals surface area contributed by atoms with E-state index in [9.17, 15) is 14.0 Å². The van der Waals surface area contributed by atoms with Gasteiger partial charge in [-0.2, -0.15) is 0 Å². The maximum Gasteiger partial charge on any atom is 0.326 e. The van der Waals surface area contributed by atoms with Crippen molar-refractivity contribution in [3.05, 3.63) is 52.0 Å². The molecule has 1 fully saturated rings. The van der Waals surface area contributed by atoms with E-state index in [1.807, 2.05) is 0 Å². The number of hydrogen-bond acceptors (Lipinski definition) is 3. The second-order valence-electron chi connectivity index (χ2n) is 6.93. The molecule has 3 amide bonds. The van der Waals surface area contributed by atoms with Gasteiger partial charge in [-0.25, -0.2) is 9.18 Å². The molecule has 1 aliphatic carbocycles. The number of imide groups is 1. The highest BCUT2D eigenvalue weighted by Crippen LogP contribution is 2.42. The minimum absolute atomic E-state index is 0.0573. The monoisotopic (exact) mass is 374 g/mol. The van der Waals surface area contributed by atoms with Crippen LogP contribution in [0.25, 0.3) is 0 Å². The Kier molecular flexibility index (Phi) is 4.74. The van der Waals surface area contributed by atoms with E-state index in [0.29, 0.717) is 12.0 Å². The normalized spacial score (nSPS) is 21.7. The Hall–Kier alpha value is -2.25. The van der Waals surface area contributed by atoms with Crippen molar-refractivity contribution in [2.45, 2.75) is 25.3 Å². The van der Waals surface area contributed by atoms with E-state index >= 15 is 0 Å². The summed E-state index contributed by atoms with van der Waals surface area (Å²) in [5.74, 6) is -0.229. The lowest BCUT2D eigenvalue weighted by molar-refractivity contribution is -0.928. The Balaban J connectivity index is 1.37. The molecule has 3 N–H and O–H groups in total. The molecule has 1 saturated carbocycles. The number of halogens is 1. The zero-order valence-corrected chi connectivity index (χ0v) is 15.1. The van der Waals surface area contributed by atoms with Crippen LogP contribution in [0.2, 0.25) is 0 Å². The lowest BCUT2D eigenvalue weighted by Crippen LogP contribution is -3.14. The van der Waals surface area contributed by atoms with Crippen LogP contribution in [0.15, 0.2) is 35.7 Å². The third-order valence-electron chi connectivity index (χ3n) is 5.08. The van der Waals surface area contributed by atoms with Gasteiger partial charge in [0.15, 0.2) is 6.54 Å². The van der Waals surface area contributed by atoms with Crippen LogP contribution in [0, 0.1) is 11.7 Å². The number of rotatable bonds is 4. The summed E-state index contributed by atoms with van der Waals surface area (Å²) in [5.41, 5.74) is 1.43. The van der Waals surface area contributed by atoms with Gasteiger partial charge in [0.1, 0.15) is 11.9 Å². The van der Waals surface area contributed by atoms with Crippen molar-refractivity contribution in [3.63, 3.8) is 0 Å². The zero-order chi connectivity index (χ0) is 18.1. The number of carbonyl (C=O) groups is 2. The fourth-order valence-electron chi connectivity index (χ4n) is 3.79. The molecule has 1 aromatic carbocycles. The molecule has 4 rings (SSSR count). The second kappa shape index (κ2) is 7.17. The first-order valence-corrected chi connectivity index (χ1v) is 9.76.